The highest BCUT2D eigenvalue weighted by Crippen LogP contribution is 2.30. The van der Waals surface area contributed by atoms with Crippen LogP contribution in [-0.4, -0.2) is 14.2 Å². The maximum Gasteiger partial charge on any atom is 0.119 e. The van der Waals surface area contributed by atoms with Crippen LogP contribution in [0.3, 0.4) is 0 Å². The molecule has 0 heterocycles. The Morgan fingerprint density at radius 2 is 1.57 bits per heavy atom. The third-order valence-electron chi connectivity index (χ3n) is 3.56. The maximum absolute atomic E-state index is 6.52. The standard InChI is InChI=1S/C17H20BrNO2/c1-17(19,13-4-6-14(20-2)7-5-13)11-12-10-15(21-3)8-9-16(12)18/h4-10H,11,19H2,1-3H3. The normalized spacial score (nSPS) is 13.6. The summed E-state index contributed by atoms with van der Waals surface area (Å²) in [6.45, 7) is 2.03. The van der Waals surface area contributed by atoms with Crippen LogP contribution in [-0.2, 0) is 12.0 Å². The predicted octanol–water partition coefficient (Wildman–Crippen LogP) is 3.88. The van der Waals surface area contributed by atoms with Crippen LogP contribution in [0.5, 0.6) is 11.5 Å². The Kier molecular flexibility index (Phi) is 4.91. The number of halogens is 1. The molecule has 0 radical (unpaired) electrons. The molecule has 2 aromatic rings. The van der Waals surface area contributed by atoms with Gasteiger partial charge in [0.25, 0.3) is 0 Å². The van der Waals surface area contributed by atoms with E-state index in [9.17, 15) is 0 Å². The first kappa shape index (κ1) is 15.9. The third-order valence-corrected chi connectivity index (χ3v) is 4.33. The van der Waals surface area contributed by atoms with Crippen molar-refractivity contribution in [1.82, 2.24) is 0 Å². The van der Waals surface area contributed by atoms with E-state index in [2.05, 4.69) is 15.9 Å². The highest BCUT2D eigenvalue weighted by molar-refractivity contribution is 9.10. The lowest BCUT2D eigenvalue weighted by Gasteiger charge is -2.26. The molecule has 2 aromatic carbocycles. The molecule has 0 bridgehead atoms. The van der Waals surface area contributed by atoms with E-state index < -0.39 is 5.54 Å². The number of methoxy groups -OCH3 is 2. The quantitative estimate of drug-likeness (QED) is 0.890. The van der Waals surface area contributed by atoms with Crippen molar-refractivity contribution in [2.45, 2.75) is 18.9 Å². The van der Waals surface area contributed by atoms with Gasteiger partial charge in [0, 0.05) is 10.0 Å². The molecular weight excluding hydrogens is 330 g/mol. The molecule has 4 heteroatoms. The van der Waals surface area contributed by atoms with Crippen molar-refractivity contribution in [3.8, 4) is 11.5 Å². The van der Waals surface area contributed by atoms with Crippen LogP contribution in [0.4, 0.5) is 0 Å². The van der Waals surface area contributed by atoms with Crippen molar-refractivity contribution in [3.05, 3.63) is 58.1 Å². The Bertz CT molecular complexity index is 609. The number of benzene rings is 2. The zero-order valence-corrected chi connectivity index (χ0v) is 14.1. The van der Waals surface area contributed by atoms with Gasteiger partial charge in [0.05, 0.1) is 14.2 Å². The molecule has 0 amide bonds. The molecule has 2 rings (SSSR count). The number of hydrogen-bond acceptors (Lipinski definition) is 3. The fourth-order valence-electron chi connectivity index (χ4n) is 2.28. The van der Waals surface area contributed by atoms with Gasteiger partial charge in [-0.1, -0.05) is 28.1 Å². The van der Waals surface area contributed by atoms with Crippen LogP contribution in [0.15, 0.2) is 46.9 Å². The molecule has 0 aliphatic rings. The summed E-state index contributed by atoms with van der Waals surface area (Å²) in [5.74, 6) is 1.66. The van der Waals surface area contributed by atoms with Gasteiger partial charge in [-0.25, -0.2) is 0 Å². The van der Waals surface area contributed by atoms with E-state index in [-0.39, 0.29) is 0 Å². The Morgan fingerprint density at radius 3 is 2.14 bits per heavy atom. The van der Waals surface area contributed by atoms with Gasteiger partial charge in [-0.2, -0.15) is 0 Å². The summed E-state index contributed by atoms with van der Waals surface area (Å²) >= 11 is 3.58. The van der Waals surface area contributed by atoms with Crippen LogP contribution in [0.25, 0.3) is 0 Å². The van der Waals surface area contributed by atoms with Crippen LogP contribution in [0, 0.1) is 0 Å². The Morgan fingerprint density at radius 1 is 1.00 bits per heavy atom. The Labute approximate surface area is 134 Å². The Balaban J connectivity index is 2.27. The third kappa shape index (κ3) is 3.77. The highest BCUT2D eigenvalue weighted by Gasteiger charge is 2.23. The summed E-state index contributed by atoms with van der Waals surface area (Å²) in [4.78, 5) is 0. The second kappa shape index (κ2) is 6.50. The lowest BCUT2D eigenvalue weighted by Crippen LogP contribution is -2.35. The fourth-order valence-corrected chi connectivity index (χ4v) is 2.67. The molecule has 1 unspecified atom stereocenters. The zero-order valence-electron chi connectivity index (χ0n) is 12.5. The second-order valence-corrected chi connectivity index (χ2v) is 6.13. The topological polar surface area (TPSA) is 44.5 Å². The van der Waals surface area contributed by atoms with E-state index in [0.717, 1.165) is 27.1 Å². The predicted molar refractivity (Wildman–Crippen MR) is 88.9 cm³/mol. The average molecular weight is 350 g/mol. The van der Waals surface area contributed by atoms with Gasteiger partial charge < -0.3 is 15.2 Å². The van der Waals surface area contributed by atoms with Crippen molar-refractivity contribution in [2.24, 2.45) is 5.73 Å². The first-order valence-corrected chi connectivity index (χ1v) is 7.51. The summed E-state index contributed by atoms with van der Waals surface area (Å²) in [5.41, 5.74) is 8.24. The van der Waals surface area contributed by atoms with Gasteiger partial charge in [-0.05, 0) is 54.8 Å². The largest absolute Gasteiger partial charge is 0.497 e. The molecule has 0 saturated carbocycles. The van der Waals surface area contributed by atoms with E-state index in [0.29, 0.717) is 6.42 Å². The fraction of sp³-hybridized carbons (Fsp3) is 0.294. The summed E-state index contributed by atoms with van der Waals surface area (Å²) in [6, 6.07) is 13.8. The van der Waals surface area contributed by atoms with Gasteiger partial charge >= 0.3 is 0 Å². The van der Waals surface area contributed by atoms with Crippen LogP contribution in [0.1, 0.15) is 18.1 Å². The van der Waals surface area contributed by atoms with Crippen molar-refractivity contribution >= 4 is 15.9 Å². The summed E-state index contributed by atoms with van der Waals surface area (Å²) in [6.07, 6.45) is 0.705. The second-order valence-electron chi connectivity index (χ2n) is 5.28. The van der Waals surface area contributed by atoms with Crippen molar-refractivity contribution in [2.75, 3.05) is 14.2 Å². The minimum atomic E-state index is -0.471. The minimum absolute atomic E-state index is 0.471. The average Bonchev–Trinajstić information content (AvgIpc) is 2.49. The SMILES string of the molecule is COc1ccc(C(C)(N)Cc2cc(OC)ccc2Br)cc1. The van der Waals surface area contributed by atoms with Gasteiger partial charge in [0.15, 0.2) is 0 Å². The summed E-state index contributed by atoms with van der Waals surface area (Å²) in [5, 5.41) is 0. The Hall–Kier alpha value is -1.52. The zero-order chi connectivity index (χ0) is 15.5. The van der Waals surface area contributed by atoms with Gasteiger partial charge in [-0.3, -0.25) is 0 Å². The number of hydrogen-bond donors (Lipinski definition) is 1. The van der Waals surface area contributed by atoms with Gasteiger partial charge in [-0.15, -0.1) is 0 Å². The first-order chi connectivity index (χ1) is 9.96. The smallest absolute Gasteiger partial charge is 0.119 e. The molecule has 0 aliphatic heterocycles. The van der Waals surface area contributed by atoms with E-state index in [1.165, 1.54) is 0 Å². The highest BCUT2D eigenvalue weighted by atomic mass is 79.9. The molecule has 0 aromatic heterocycles. The van der Waals surface area contributed by atoms with E-state index in [4.69, 9.17) is 15.2 Å². The van der Waals surface area contributed by atoms with Crippen molar-refractivity contribution in [1.29, 1.82) is 0 Å². The lowest BCUT2D eigenvalue weighted by atomic mass is 9.86. The van der Waals surface area contributed by atoms with Crippen LogP contribution in [0.2, 0.25) is 0 Å². The number of ether oxygens (including phenoxy) is 2. The van der Waals surface area contributed by atoms with E-state index in [1.54, 1.807) is 14.2 Å². The van der Waals surface area contributed by atoms with Crippen LogP contribution < -0.4 is 15.2 Å². The molecule has 1 atom stereocenters. The van der Waals surface area contributed by atoms with Gasteiger partial charge in [0.1, 0.15) is 11.5 Å². The number of nitrogens with two attached hydrogens (primary N) is 1. The summed E-state index contributed by atoms with van der Waals surface area (Å²) in [7, 11) is 3.32. The van der Waals surface area contributed by atoms with Crippen molar-refractivity contribution in [3.63, 3.8) is 0 Å². The van der Waals surface area contributed by atoms with Crippen molar-refractivity contribution < 1.29 is 9.47 Å². The maximum atomic E-state index is 6.52. The lowest BCUT2D eigenvalue weighted by molar-refractivity contribution is 0.412. The summed E-state index contributed by atoms with van der Waals surface area (Å²) < 4.78 is 11.5. The monoisotopic (exact) mass is 349 g/mol. The van der Waals surface area contributed by atoms with E-state index >= 15 is 0 Å². The molecule has 21 heavy (non-hydrogen) atoms. The molecule has 3 nitrogen and oxygen atoms in total. The molecule has 0 aliphatic carbocycles. The van der Waals surface area contributed by atoms with Crippen LogP contribution >= 0.6 is 15.9 Å². The first-order valence-electron chi connectivity index (χ1n) is 6.72. The molecular formula is C17H20BrNO2. The number of rotatable bonds is 5. The molecule has 0 fully saturated rings. The molecule has 0 saturated heterocycles. The van der Waals surface area contributed by atoms with E-state index in [1.807, 2.05) is 49.4 Å². The minimum Gasteiger partial charge on any atom is -0.497 e. The van der Waals surface area contributed by atoms with Gasteiger partial charge in [0.2, 0.25) is 0 Å². The molecule has 112 valence electrons. The molecule has 0 spiro atoms. The molecule has 2 N–H and O–H groups in total.